The summed E-state index contributed by atoms with van der Waals surface area (Å²) in [6.45, 7) is 3.22. The van der Waals surface area contributed by atoms with E-state index < -0.39 is 0 Å². The Balaban J connectivity index is 1.96. The van der Waals surface area contributed by atoms with Gasteiger partial charge in [-0.25, -0.2) is 4.68 Å². The first-order chi connectivity index (χ1) is 9.99. The number of nitrogens with zero attached hydrogens (tertiary/aromatic N) is 3. The lowest BCUT2D eigenvalue weighted by Gasteiger charge is -2.20. The molecule has 0 spiro atoms. The highest BCUT2D eigenvalue weighted by Crippen LogP contribution is 2.20. The van der Waals surface area contributed by atoms with Gasteiger partial charge in [0.05, 0.1) is 18.4 Å². The summed E-state index contributed by atoms with van der Waals surface area (Å²) in [4.78, 5) is 13.8. The van der Waals surface area contributed by atoms with Crippen LogP contribution in [0.5, 0.6) is 5.75 Å². The number of ether oxygens (including phenoxy) is 1. The molecule has 0 aliphatic rings. The van der Waals surface area contributed by atoms with Gasteiger partial charge >= 0.3 is 0 Å². The number of hydrogen-bond acceptors (Lipinski definition) is 4. The predicted molar refractivity (Wildman–Crippen MR) is 87.1 cm³/mol. The maximum Gasteiger partial charge on any atom is 0.282 e. The van der Waals surface area contributed by atoms with Crippen LogP contribution in [0.2, 0.25) is 0 Å². The minimum atomic E-state index is -0.154. The Morgan fingerprint density at radius 3 is 2.67 bits per heavy atom. The third-order valence-electron chi connectivity index (χ3n) is 3.19. The monoisotopic (exact) mass is 351 g/mol. The molecule has 0 aliphatic carbocycles. The van der Waals surface area contributed by atoms with Crippen molar-refractivity contribution in [3.8, 4) is 5.75 Å². The Morgan fingerprint density at radius 1 is 1.33 bits per heavy atom. The second-order valence-electron chi connectivity index (χ2n) is 4.86. The number of hydrogen-bond donors (Lipinski definition) is 0. The molecule has 0 saturated heterocycles. The van der Waals surface area contributed by atoms with E-state index in [0.29, 0.717) is 17.6 Å². The summed E-state index contributed by atoms with van der Waals surface area (Å²) in [5, 5.41) is 4.03. The molecule has 0 aliphatic heterocycles. The summed E-state index contributed by atoms with van der Waals surface area (Å²) in [6, 6.07) is 7.93. The Morgan fingerprint density at radius 2 is 2.00 bits per heavy atom. The zero-order valence-electron chi connectivity index (χ0n) is 12.3. The number of likely N-dealkylation sites (N-methyl/N-ethyl adjacent to an activating group) is 1. The van der Waals surface area contributed by atoms with E-state index in [-0.39, 0.29) is 5.56 Å². The molecule has 21 heavy (non-hydrogen) atoms. The SMILES string of the molecule is Cc1ccc(OCCN(C)c2cnn(C)c(=O)c2Br)cc1. The second-order valence-corrected chi connectivity index (χ2v) is 5.65. The van der Waals surface area contributed by atoms with Crippen LogP contribution < -0.4 is 15.2 Å². The van der Waals surface area contributed by atoms with Crippen molar-refractivity contribution >= 4 is 21.6 Å². The average Bonchev–Trinajstić information content (AvgIpc) is 2.47. The van der Waals surface area contributed by atoms with E-state index in [2.05, 4.69) is 21.0 Å². The molecular weight excluding hydrogens is 334 g/mol. The van der Waals surface area contributed by atoms with Crippen molar-refractivity contribution in [3.05, 3.63) is 50.9 Å². The fourth-order valence-corrected chi connectivity index (χ4v) is 2.49. The molecule has 0 bridgehead atoms. The summed E-state index contributed by atoms with van der Waals surface area (Å²) in [5.74, 6) is 0.843. The third-order valence-corrected chi connectivity index (χ3v) is 3.93. The number of halogens is 1. The fourth-order valence-electron chi connectivity index (χ4n) is 1.82. The standard InChI is InChI=1S/C15H18BrN3O2/c1-11-4-6-12(7-5-11)21-9-8-18(2)13-10-17-19(3)15(20)14(13)16/h4-7,10H,8-9H2,1-3H3. The smallest absolute Gasteiger partial charge is 0.282 e. The molecule has 0 atom stereocenters. The topological polar surface area (TPSA) is 47.4 Å². The summed E-state index contributed by atoms with van der Waals surface area (Å²) in [6.07, 6.45) is 1.66. The van der Waals surface area contributed by atoms with Gasteiger partial charge in [0.25, 0.3) is 5.56 Å². The number of rotatable bonds is 5. The van der Waals surface area contributed by atoms with E-state index in [1.807, 2.05) is 43.1 Å². The van der Waals surface area contributed by atoms with E-state index >= 15 is 0 Å². The van der Waals surface area contributed by atoms with Crippen molar-refractivity contribution in [2.75, 3.05) is 25.1 Å². The van der Waals surface area contributed by atoms with Crippen LogP contribution in [-0.2, 0) is 7.05 Å². The van der Waals surface area contributed by atoms with Gasteiger partial charge in [-0.15, -0.1) is 0 Å². The van der Waals surface area contributed by atoms with Crippen LogP contribution >= 0.6 is 15.9 Å². The molecule has 5 nitrogen and oxygen atoms in total. The van der Waals surface area contributed by atoms with E-state index in [0.717, 1.165) is 11.4 Å². The molecule has 6 heteroatoms. The summed E-state index contributed by atoms with van der Waals surface area (Å²) in [7, 11) is 3.52. The van der Waals surface area contributed by atoms with Crippen molar-refractivity contribution in [2.24, 2.45) is 7.05 Å². The van der Waals surface area contributed by atoms with Crippen LogP contribution in [-0.4, -0.2) is 30.0 Å². The van der Waals surface area contributed by atoms with Gasteiger partial charge in [0, 0.05) is 14.1 Å². The first kappa shape index (κ1) is 15.6. The van der Waals surface area contributed by atoms with Crippen LogP contribution in [0.4, 0.5) is 5.69 Å². The van der Waals surface area contributed by atoms with Crippen molar-refractivity contribution in [3.63, 3.8) is 0 Å². The highest BCUT2D eigenvalue weighted by molar-refractivity contribution is 9.10. The normalized spacial score (nSPS) is 10.5. The van der Waals surface area contributed by atoms with Gasteiger partial charge in [-0.05, 0) is 35.0 Å². The van der Waals surface area contributed by atoms with Gasteiger partial charge < -0.3 is 9.64 Å². The molecule has 0 unspecified atom stereocenters. The average molecular weight is 352 g/mol. The number of benzene rings is 1. The van der Waals surface area contributed by atoms with Gasteiger partial charge in [-0.1, -0.05) is 17.7 Å². The zero-order chi connectivity index (χ0) is 15.4. The van der Waals surface area contributed by atoms with Crippen molar-refractivity contribution < 1.29 is 4.74 Å². The molecule has 2 rings (SSSR count). The Labute approximate surface area is 132 Å². The fraction of sp³-hybridized carbons (Fsp3) is 0.333. The van der Waals surface area contributed by atoms with Gasteiger partial charge in [0.2, 0.25) is 0 Å². The zero-order valence-corrected chi connectivity index (χ0v) is 13.9. The largest absolute Gasteiger partial charge is 0.492 e. The summed E-state index contributed by atoms with van der Waals surface area (Å²) >= 11 is 3.32. The Kier molecular flexibility index (Phi) is 5.01. The lowest BCUT2D eigenvalue weighted by molar-refractivity contribution is 0.326. The molecule has 0 radical (unpaired) electrons. The lowest BCUT2D eigenvalue weighted by atomic mass is 10.2. The van der Waals surface area contributed by atoms with Crippen molar-refractivity contribution in [2.45, 2.75) is 6.92 Å². The molecule has 0 saturated carbocycles. The molecule has 1 heterocycles. The minimum Gasteiger partial charge on any atom is -0.492 e. The van der Waals surface area contributed by atoms with Crippen molar-refractivity contribution in [1.29, 1.82) is 0 Å². The lowest BCUT2D eigenvalue weighted by Crippen LogP contribution is -2.28. The number of aromatic nitrogens is 2. The number of aryl methyl sites for hydroxylation is 2. The molecular formula is C15H18BrN3O2. The van der Waals surface area contributed by atoms with E-state index in [9.17, 15) is 4.79 Å². The van der Waals surface area contributed by atoms with Crippen LogP contribution in [0.25, 0.3) is 0 Å². The van der Waals surface area contributed by atoms with E-state index in [4.69, 9.17) is 4.74 Å². The van der Waals surface area contributed by atoms with Gasteiger partial charge in [0.15, 0.2) is 0 Å². The Bertz CT molecular complexity index is 668. The van der Waals surface area contributed by atoms with Crippen molar-refractivity contribution in [1.82, 2.24) is 9.78 Å². The van der Waals surface area contributed by atoms with Gasteiger partial charge in [0.1, 0.15) is 16.8 Å². The van der Waals surface area contributed by atoms with Gasteiger partial charge in [-0.3, -0.25) is 4.79 Å². The van der Waals surface area contributed by atoms with E-state index in [1.54, 1.807) is 13.2 Å². The molecule has 1 aromatic carbocycles. The van der Waals surface area contributed by atoms with Crippen LogP contribution in [0, 0.1) is 6.92 Å². The van der Waals surface area contributed by atoms with E-state index in [1.165, 1.54) is 10.2 Å². The molecule has 0 N–H and O–H groups in total. The highest BCUT2D eigenvalue weighted by Gasteiger charge is 2.11. The highest BCUT2D eigenvalue weighted by atomic mass is 79.9. The van der Waals surface area contributed by atoms with Crippen LogP contribution in [0.15, 0.2) is 39.7 Å². The first-order valence-electron chi connectivity index (χ1n) is 6.61. The molecule has 0 fully saturated rings. The van der Waals surface area contributed by atoms with Crippen LogP contribution in [0.3, 0.4) is 0 Å². The quantitative estimate of drug-likeness (QED) is 0.829. The molecule has 2 aromatic rings. The summed E-state index contributed by atoms with van der Waals surface area (Å²) in [5.41, 5.74) is 1.80. The van der Waals surface area contributed by atoms with Crippen LogP contribution in [0.1, 0.15) is 5.56 Å². The molecule has 1 aromatic heterocycles. The van der Waals surface area contributed by atoms with Gasteiger partial charge in [-0.2, -0.15) is 5.10 Å². The first-order valence-corrected chi connectivity index (χ1v) is 7.41. The molecule has 112 valence electrons. The minimum absolute atomic E-state index is 0.154. The third kappa shape index (κ3) is 3.85. The molecule has 0 amide bonds. The second kappa shape index (κ2) is 6.76. The maximum atomic E-state index is 11.8. The summed E-state index contributed by atoms with van der Waals surface area (Å²) < 4.78 is 7.49. The maximum absolute atomic E-state index is 11.8. The predicted octanol–water partition coefficient (Wildman–Crippen LogP) is 2.37. The number of anilines is 1. The Hall–Kier alpha value is -1.82.